The summed E-state index contributed by atoms with van der Waals surface area (Å²) in [7, 11) is 0. The van der Waals surface area contributed by atoms with E-state index >= 15 is 0 Å². The quantitative estimate of drug-likeness (QED) is 0.0148. The first kappa shape index (κ1) is 67.3. The van der Waals surface area contributed by atoms with Crippen molar-refractivity contribution < 1.29 is 52.5 Å². The average Bonchev–Trinajstić information content (AvgIpc) is 3.95. The largest absolute Gasteiger partial charge is 0.460 e. The third-order valence-corrected chi connectivity index (χ3v) is 12.3. The number of carbonyl (C=O) groups is 7. The van der Waals surface area contributed by atoms with Crippen molar-refractivity contribution in [1.82, 2.24) is 46.9 Å². The van der Waals surface area contributed by atoms with Gasteiger partial charge in [0.05, 0.1) is 12.8 Å². The van der Waals surface area contributed by atoms with Crippen LogP contribution in [-0.4, -0.2) is 117 Å². The number of amides is 5. The number of aryl methyl sites for hydroxylation is 1. The molecule has 450 valence electrons. The fourth-order valence-electron chi connectivity index (χ4n) is 8.47. The number of unbranched alkanes of at least 4 members (excludes halogenated alkanes) is 5. The summed E-state index contributed by atoms with van der Waals surface area (Å²) in [6.07, 6.45) is 7.81. The van der Waals surface area contributed by atoms with Crippen LogP contribution < -0.4 is 31.9 Å². The van der Waals surface area contributed by atoms with Crippen molar-refractivity contribution in [2.24, 2.45) is 0 Å². The molecule has 1 aromatic heterocycles. The van der Waals surface area contributed by atoms with Gasteiger partial charge in [-0.05, 0) is 118 Å². The first-order valence-corrected chi connectivity index (χ1v) is 28.8. The molecular weight excluding hydrogens is 1050 g/mol. The summed E-state index contributed by atoms with van der Waals surface area (Å²) >= 11 is 0. The van der Waals surface area contributed by atoms with Crippen molar-refractivity contribution in [3.8, 4) is 0 Å². The van der Waals surface area contributed by atoms with Crippen molar-refractivity contribution in [3.05, 3.63) is 120 Å². The number of hydrogen-bond donors (Lipinski definition) is 6. The van der Waals surface area contributed by atoms with Crippen LogP contribution in [0.5, 0.6) is 0 Å². The lowest BCUT2D eigenvalue weighted by Gasteiger charge is -2.27. The van der Waals surface area contributed by atoms with Gasteiger partial charge in [0.15, 0.2) is 0 Å². The molecule has 20 heteroatoms. The van der Waals surface area contributed by atoms with E-state index in [-0.39, 0.29) is 56.9 Å². The summed E-state index contributed by atoms with van der Waals surface area (Å²) in [5.41, 5.74) is 1.18. The number of esters is 3. The molecule has 82 heavy (non-hydrogen) atoms. The van der Waals surface area contributed by atoms with Gasteiger partial charge in [0, 0.05) is 58.5 Å². The Morgan fingerprint density at radius 2 is 1.05 bits per heavy atom. The molecule has 0 aliphatic carbocycles. The Hall–Kier alpha value is -7.19. The summed E-state index contributed by atoms with van der Waals surface area (Å²) in [4.78, 5) is 93.1. The van der Waals surface area contributed by atoms with Gasteiger partial charge in [-0.1, -0.05) is 115 Å². The third-order valence-electron chi connectivity index (χ3n) is 12.3. The summed E-state index contributed by atoms with van der Waals surface area (Å²) in [6, 6.07) is 24.2. The fraction of sp³-hybridized carbons (Fsp3) is 0.565. The van der Waals surface area contributed by atoms with Crippen LogP contribution in [0.25, 0.3) is 0 Å². The normalized spacial score (nSPS) is 13.1. The second-order valence-electron chi connectivity index (χ2n) is 23.5. The average molecular weight is 1140 g/mol. The highest BCUT2D eigenvalue weighted by atomic mass is 16.6. The number of ether oxygens (including phenoxy) is 4. The Bertz CT molecular complexity index is 2560. The van der Waals surface area contributed by atoms with Crippen molar-refractivity contribution in [1.29, 1.82) is 0 Å². The number of nitrogens with zero attached hydrogens (tertiary/aromatic N) is 3. The van der Waals surface area contributed by atoms with Crippen LogP contribution >= 0.6 is 0 Å². The van der Waals surface area contributed by atoms with Crippen LogP contribution in [0.2, 0.25) is 0 Å². The van der Waals surface area contributed by atoms with E-state index in [1.54, 1.807) is 73.2 Å². The minimum Gasteiger partial charge on any atom is -0.460 e. The number of hydrogen-bond acceptors (Lipinski definition) is 14. The van der Waals surface area contributed by atoms with E-state index in [1.165, 1.54) is 0 Å². The van der Waals surface area contributed by atoms with Crippen molar-refractivity contribution in [2.45, 2.75) is 206 Å². The third kappa shape index (κ3) is 29.5. The predicted molar refractivity (Wildman–Crippen MR) is 313 cm³/mol. The van der Waals surface area contributed by atoms with Crippen LogP contribution in [0.4, 0.5) is 4.79 Å². The Balaban J connectivity index is 1.17. The maximum Gasteiger partial charge on any atom is 0.329 e. The SMILES string of the molecule is CC(C)(C)OC(=O)CC[C@H](NC(=O)N[C@@H](CCCCn1cc(COCCCCCCCC(=O)N[C@@H](Cc2ccccc2)C(=O)NC(Cc2ccccc2)C(=O)NCCNCc2ccccc2)nn1)C(=O)OC(C)(C)C)C(=O)OC(C)(C)C. The number of nitrogens with one attached hydrogen (secondary N) is 6. The second kappa shape index (κ2) is 34.9. The van der Waals surface area contributed by atoms with Crippen molar-refractivity contribution >= 4 is 41.7 Å². The molecule has 4 atom stereocenters. The van der Waals surface area contributed by atoms with Gasteiger partial charge in [0.25, 0.3) is 0 Å². The van der Waals surface area contributed by atoms with Crippen LogP contribution in [0.1, 0.15) is 155 Å². The minimum absolute atomic E-state index is 0.0789. The molecule has 4 aromatic rings. The zero-order chi connectivity index (χ0) is 60.0. The lowest BCUT2D eigenvalue weighted by atomic mass is 10.0. The monoisotopic (exact) mass is 1140 g/mol. The van der Waals surface area contributed by atoms with Crippen molar-refractivity contribution in [3.63, 3.8) is 0 Å². The Kier molecular flexibility index (Phi) is 28.7. The first-order chi connectivity index (χ1) is 38.9. The van der Waals surface area contributed by atoms with E-state index in [1.807, 2.05) is 91.0 Å². The van der Waals surface area contributed by atoms with E-state index in [2.05, 4.69) is 42.2 Å². The summed E-state index contributed by atoms with van der Waals surface area (Å²) in [6.45, 7) is 18.4. The Morgan fingerprint density at radius 3 is 1.62 bits per heavy atom. The molecule has 0 fully saturated rings. The van der Waals surface area contributed by atoms with E-state index in [4.69, 9.17) is 18.9 Å². The van der Waals surface area contributed by atoms with Gasteiger partial charge in [-0.3, -0.25) is 23.9 Å². The van der Waals surface area contributed by atoms with Crippen LogP contribution in [0.15, 0.2) is 97.2 Å². The zero-order valence-electron chi connectivity index (χ0n) is 49.8. The lowest BCUT2D eigenvalue weighted by Crippen LogP contribution is -2.55. The summed E-state index contributed by atoms with van der Waals surface area (Å²) in [5.74, 6) is -2.86. The van der Waals surface area contributed by atoms with Crippen LogP contribution in [-0.2, 0) is 80.3 Å². The molecule has 6 N–H and O–H groups in total. The fourth-order valence-corrected chi connectivity index (χ4v) is 8.47. The highest BCUT2D eigenvalue weighted by Gasteiger charge is 2.32. The van der Waals surface area contributed by atoms with Gasteiger partial charge >= 0.3 is 23.9 Å². The smallest absolute Gasteiger partial charge is 0.329 e. The Morgan fingerprint density at radius 1 is 0.524 bits per heavy atom. The number of carbonyl (C=O) groups excluding carboxylic acids is 7. The van der Waals surface area contributed by atoms with Gasteiger partial charge in [-0.25, -0.2) is 14.4 Å². The van der Waals surface area contributed by atoms with Crippen LogP contribution in [0, 0.1) is 0 Å². The maximum absolute atomic E-state index is 14.0. The van der Waals surface area contributed by atoms with Crippen molar-refractivity contribution in [2.75, 3.05) is 19.7 Å². The van der Waals surface area contributed by atoms with Gasteiger partial charge in [0.2, 0.25) is 17.7 Å². The van der Waals surface area contributed by atoms with E-state index in [0.717, 1.165) is 42.4 Å². The molecule has 20 nitrogen and oxygen atoms in total. The number of benzene rings is 3. The molecule has 0 aliphatic rings. The highest BCUT2D eigenvalue weighted by molar-refractivity contribution is 5.92. The zero-order valence-corrected chi connectivity index (χ0v) is 49.8. The maximum atomic E-state index is 14.0. The number of urea groups is 1. The highest BCUT2D eigenvalue weighted by Crippen LogP contribution is 2.17. The second-order valence-corrected chi connectivity index (χ2v) is 23.5. The van der Waals surface area contributed by atoms with E-state index < -0.39 is 70.8 Å². The molecule has 0 spiro atoms. The molecule has 5 amide bonds. The van der Waals surface area contributed by atoms with Gasteiger partial charge in [-0.2, -0.15) is 0 Å². The number of rotatable bonds is 35. The lowest BCUT2D eigenvalue weighted by molar-refractivity contribution is -0.159. The minimum atomic E-state index is -1.19. The molecule has 0 saturated carbocycles. The van der Waals surface area contributed by atoms with Gasteiger partial charge < -0.3 is 50.8 Å². The number of aromatic nitrogens is 3. The van der Waals surface area contributed by atoms with Gasteiger partial charge in [0.1, 0.15) is 46.7 Å². The summed E-state index contributed by atoms with van der Waals surface area (Å²) < 4.78 is 24.1. The molecule has 3 aromatic carbocycles. The standard InChI is InChI=1S/C62H91N9O11/c1-60(2,3)80-54(73)35-34-50(58(77)82-62(7,8)9)68-59(78)67-49(57(76)81-61(4,5)6)32-23-24-38-71-43-48(69-70-71)44-79-39-25-12-10-11-22-33-53(72)65-52(41-46-28-18-14-19-29-46)56(75)66-51(40-45-26-16-13-17-27-45)55(74)64-37-36-63-42-47-30-20-15-21-31-47/h13-21,26-31,43,49-52,63H,10-12,22-25,32-42,44H2,1-9H3,(H,64,74)(H,65,72)(H,66,75)(H2,67,68,78)/t49-,50-,51?,52-/m0/s1. The molecule has 4 rings (SSSR count). The molecular formula is C62H91N9O11. The summed E-state index contributed by atoms with van der Waals surface area (Å²) in [5, 5.41) is 25.9. The molecule has 0 bridgehead atoms. The van der Waals surface area contributed by atoms with Gasteiger partial charge in [-0.15, -0.1) is 5.10 Å². The Labute approximate surface area is 485 Å². The first-order valence-electron chi connectivity index (χ1n) is 28.8. The molecule has 0 radical (unpaired) electrons. The van der Waals surface area contributed by atoms with E-state index in [9.17, 15) is 33.6 Å². The molecule has 0 aliphatic heterocycles. The molecule has 1 heterocycles. The molecule has 0 saturated heterocycles. The van der Waals surface area contributed by atoms with Crippen LogP contribution in [0.3, 0.4) is 0 Å². The molecule has 1 unspecified atom stereocenters. The van der Waals surface area contributed by atoms with E-state index in [0.29, 0.717) is 57.7 Å². The topological polar surface area (TPSA) is 259 Å². The predicted octanol–water partition coefficient (Wildman–Crippen LogP) is 7.51.